The Balaban J connectivity index is 1.54. The second-order valence-corrected chi connectivity index (χ2v) is 5.07. The van der Waals surface area contributed by atoms with E-state index in [0.717, 1.165) is 5.56 Å². The molecule has 5 nitrogen and oxygen atoms in total. The molecule has 0 spiro atoms. The highest BCUT2D eigenvalue weighted by atomic mass is 16.6. The molecule has 0 unspecified atom stereocenters. The number of fused-ring (bicyclic) bond motifs is 2. The van der Waals surface area contributed by atoms with Crippen LogP contribution in [0, 0.1) is 5.92 Å². The van der Waals surface area contributed by atoms with Gasteiger partial charge in [-0.1, -0.05) is 30.3 Å². The van der Waals surface area contributed by atoms with Gasteiger partial charge in [0, 0.05) is 12.5 Å². The van der Waals surface area contributed by atoms with Crippen molar-refractivity contribution in [1.82, 2.24) is 4.90 Å². The van der Waals surface area contributed by atoms with Gasteiger partial charge in [-0.3, -0.25) is 0 Å². The number of aliphatic hydroxyl groups excluding tert-OH is 1. The van der Waals surface area contributed by atoms with E-state index in [2.05, 4.69) is 0 Å². The Morgan fingerprint density at radius 3 is 2.89 bits per heavy atom. The molecule has 3 rings (SSSR count). The van der Waals surface area contributed by atoms with E-state index < -0.39 is 6.10 Å². The van der Waals surface area contributed by atoms with Crippen molar-refractivity contribution in [3.05, 3.63) is 35.9 Å². The van der Waals surface area contributed by atoms with Crippen molar-refractivity contribution < 1.29 is 19.4 Å². The molecule has 0 aliphatic carbocycles. The number of hydrogen-bond donors (Lipinski definition) is 1. The van der Waals surface area contributed by atoms with Crippen LogP contribution in [-0.4, -0.2) is 48.0 Å². The van der Waals surface area contributed by atoms with Gasteiger partial charge in [-0.25, -0.2) is 4.79 Å². The van der Waals surface area contributed by atoms with Crippen LogP contribution in [0.4, 0.5) is 4.79 Å². The average Bonchev–Trinajstić information content (AvgIpc) is 2.68. The molecule has 1 aromatic rings. The Hall–Kier alpha value is -1.59. The SMILES string of the molecule is O=C(OCc1ccccc1)N1C[C@H]2CO[C@@H](C1)[C@H]2O. The van der Waals surface area contributed by atoms with Crippen LogP contribution in [0.25, 0.3) is 0 Å². The third-order valence-corrected chi connectivity index (χ3v) is 3.71. The highest BCUT2D eigenvalue weighted by molar-refractivity contribution is 5.68. The van der Waals surface area contributed by atoms with Gasteiger partial charge in [0.05, 0.1) is 19.3 Å². The fourth-order valence-electron chi connectivity index (χ4n) is 2.60. The molecule has 2 aliphatic rings. The predicted octanol–water partition coefficient (Wildman–Crippen LogP) is 1.01. The standard InChI is InChI=1S/C14H17NO4/c16-13-11-6-15(7-12(13)18-9-11)14(17)19-8-10-4-2-1-3-5-10/h1-5,11-13,16H,6-9H2/t11-,12-,13-/m0/s1. The summed E-state index contributed by atoms with van der Waals surface area (Å²) in [5.74, 6) is 0.0167. The molecule has 1 N–H and O–H groups in total. The van der Waals surface area contributed by atoms with Gasteiger partial charge in [0.1, 0.15) is 12.7 Å². The normalized spacial score (nSPS) is 29.3. The molecule has 2 bridgehead atoms. The first kappa shape index (κ1) is 12.4. The average molecular weight is 263 g/mol. The second-order valence-electron chi connectivity index (χ2n) is 5.07. The van der Waals surface area contributed by atoms with E-state index in [9.17, 15) is 9.90 Å². The van der Waals surface area contributed by atoms with Crippen LogP contribution in [0.5, 0.6) is 0 Å². The summed E-state index contributed by atoms with van der Waals surface area (Å²) < 4.78 is 10.7. The maximum absolute atomic E-state index is 12.0. The monoisotopic (exact) mass is 263 g/mol. The topological polar surface area (TPSA) is 59.0 Å². The minimum absolute atomic E-state index is 0.0167. The Morgan fingerprint density at radius 1 is 1.37 bits per heavy atom. The first-order valence-electron chi connectivity index (χ1n) is 6.49. The minimum atomic E-state index is -0.446. The summed E-state index contributed by atoms with van der Waals surface area (Å²) in [6.45, 7) is 1.71. The van der Waals surface area contributed by atoms with Crippen molar-refractivity contribution in [2.24, 2.45) is 5.92 Å². The number of rotatable bonds is 2. The molecule has 2 fully saturated rings. The Kier molecular flexibility index (Phi) is 3.40. The molecule has 19 heavy (non-hydrogen) atoms. The van der Waals surface area contributed by atoms with Gasteiger partial charge in [-0.05, 0) is 5.56 Å². The van der Waals surface area contributed by atoms with Gasteiger partial charge in [-0.15, -0.1) is 0 Å². The van der Waals surface area contributed by atoms with Gasteiger partial charge in [-0.2, -0.15) is 0 Å². The summed E-state index contributed by atoms with van der Waals surface area (Å²) in [5, 5.41) is 9.81. The van der Waals surface area contributed by atoms with Crippen molar-refractivity contribution in [1.29, 1.82) is 0 Å². The fourth-order valence-corrected chi connectivity index (χ4v) is 2.60. The zero-order valence-electron chi connectivity index (χ0n) is 10.6. The minimum Gasteiger partial charge on any atom is -0.445 e. The smallest absolute Gasteiger partial charge is 0.410 e. The lowest BCUT2D eigenvalue weighted by Gasteiger charge is -2.32. The number of piperidine rings is 1. The van der Waals surface area contributed by atoms with Crippen molar-refractivity contribution >= 4 is 6.09 Å². The number of nitrogens with zero attached hydrogens (tertiary/aromatic N) is 1. The lowest BCUT2D eigenvalue weighted by atomic mass is 9.97. The number of aliphatic hydroxyl groups is 1. The summed E-state index contributed by atoms with van der Waals surface area (Å²) in [5.41, 5.74) is 0.965. The maximum Gasteiger partial charge on any atom is 0.410 e. The molecule has 1 aromatic carbocycles. The van der Waals surface area contributed by atoms with Crippen LogP contribution in [0.1, 0.15) is 5.56 Å². The first-order valence-corrected chi connectivity index (χ1v) is 6.49. The number of carbonyl (C=O) groups excluding carboxylic acids is 1. The molecule has 0 saturated carbocycles. The number of likely N-dealkylation sites (tertiary alicyclic amines) is 1. The lowest BCUT2D eigenvalue weighted by molar-refractivity contribution is -0.00990. The zero-order chi connectivity index (χ0) is 13.2. The van der Waals surface area contributed by atoms with Crippen molar-refractivity contribution in [2.45, 2.75) is 18.8 Å². The van der Waals surface area contributed by atoms with E-state index in [1.54, 1.807) is 4.90 Å². The second kappa shape index (κ2) is 5.19. The van der Waals surface area contributed by atoms with Gasteiger partial charge < -0.3 is 19.5 Å². The molecule has 0 aromatic heterocycles. The molecular weight excluding hydrogens is 246 g/mol. The molecule has 1 amide bonds. The summed E-state index contributed by atoms with van der Waals surface area (Å²) in [4.78, 5) is 13.6. The molecule has 2 saturated heterocycles. The summed E-state index contributed by atoms with van der Waals surface area (Å²) >= 11 is 0. The fraction of sp³-hybridized carbons (Fsp3) is 0.500. The highest BCUT2D eigenvalue weighted by Crippen LogP contribution is 2.27. The van der Waals surface area contributed by atoms with Crippen molar-refractivity contribution in [2.75, 3.05) is 19.7 Å². The van der Waals surface area contributed by atoms with E-state index >= 15 is 0 Å². The molecule has 3 atom stereocenters. The summed E-state index contributed by atoms with van der Waals surface area (Å²) in [6.07, 6.45) is -1.04. The Bertz CT molecular complexity index is 436. The van der Waals surface area contributed by atoms with Crippen LogP contribution in [0.3, 0.4) is 0 Å². The van der Waals surface area contributed by atoms with Gasteiger partial charge in [0.15, 0.2) is 0 Å². The van der Waals surface area contributed by atoms with Crippen LogP contribution in [0.15, 0.2) is 30.3 Å². The van der Waals surface area contributed by atoms with Crippen molar-refractivity contribution in [3.63, 3.8) is 0 Å². The third-order valence-electron chi connectivity index (χ3n) is 3.71. The van der Waals surface area contributed by atoms with Gasteiger partial charge >= 0.3 is 6.09 Å². The Labute approximate surface area is 111 Å². The molecule has 5 heteroatoms. The first-order chi connectivity index (χ1) is 9.24. The maximum atomic E-state index is 12.0. The molecule has 2 aliphatic heterocycles. The summed E-state index contributed by atoms with van der Waals surface area (Å²) in [7, 11) is 0. The van der Waals surface area contributed by atoms with E-state index in [-0.39, 0.29) is 24.7 Å². The predicted molar refractivity (Wildman–Crippen MR) is 67.4 cm³/mol. The van der Waals surface area contributed by atoms with Gasteiger partial charge in [0.25, 0.3) is 0 Å². The molecule has 102 valence electrons. The zero-order valence-corrected chi connectivity index (χ0v) is 10.6. The van der Waals surface area contributed by atoms with Crippen LogP contribution >= 0.6 is 0 Å². The largest absolute Gasteiger partial charge is 0.445 e. The van der Waals surface area contributed by atoms with Crippen LogP contribution < -0.4 is 0 Å². The Morgan fingerprint density at radius 2 is 2.16 bits per heavy atom. The highest BCUT2D eigenvalue weighted by Gasteiger charge is 2.43. The van der Waals surface area contributed by atoms with Crippen molar-refractivity contribution in [3.8, 4) is 0 Å². The van der Waals surface area contributed by atoms with E-state index in [1.165, 1.54) is 0 Å². The number of benzene rings is 1. The van der Waals surface area contributed by atoms with E-state index in [0.29, 0.717) is 19.7 Å². The number of carbonyl (C=O) groups is 1. The molecule has 0 radical (unpaired) electrons. The summed E-state index contributed by atoms with van der Waals surface area (Å²) in [6, 6.07) is 9.58. The van der Waals surface area contributed by atoms with E-state index in [1.807, 2.05) is 30.3 Å². The molecule has 2 heterocycles. The third kappa shape index (κ3) is 2.57. The number of ether oxygens (including phenoxy) is 2. The van der Waals surface area contributed by atoms with Crippen LogP contribution in [-0.2, 0) is 16.1 Å². The van der Waals surface area contributed by atoms with E-state index in [4.69, 9.17) is 9.47 Å². The van der Waals surface area contributed by atoms with Crippen LogP contribution in [0.2, 0.25) is 0 Å². The number of amides is 1. The lowest BCUT2D eigenvalue weighted by Crippen LogP contribution is -2.50. The number of hydrogen-bond acceptors (Lipinski definition) is 4. The quantitative estimate of drug-likeness (QED) is 0.865. The molecular formula is C14H17NO4. The van der Waals surface area contributed by atoms with Gasteiger partial charge in [0.2, 0.25) is 0 Å².